The summed E-state index contributed by atoms with van der Waals surface area (Å²) in [7, 11) is 0. The molecule has 0 radical (unpaired) electrons. The molecule has 0 aliphatic rings. The van der Waals surface area contributed by atoms with E-state index in [2.05, 4.69) is 34.3 Å². The van der Waals surface area contributed by atoms with E-state index in [1.54, 1.807) is 0 Å². The second kappa shape index (κ2) is 4.58. The topological polar surface area (TPSA) is 0 Å². The normalized spacial score (nSPS) is 11.6. The lowest BCUT2D eigenvalue weighted by Gasteiger charge is -2.32. The van der Waals surface area contributed by atoms with Crippen LogP contribution in [0.4, 0.5) is 0 Å². The van der Waals surface area contributed by atoms with Crippen molar-refractivity contribution in [2.24, 2.45) is 5.41 Å². The minimum absolute atomic E-state index is 0.439. The van der Waals surface area contributed by atoms with Crippen LogP contribution in [0.3, 0.4) is 0 Å². The first-order valence-electron chi connectivity index (χ1n) is 4.79. The summed E-state index contributed by atoms with van der Waals surface area (Å²) in [5.41, 5.74) is 1.80. The molecule has 0 bridgehead atoms. The van der Waals surface area contributed by atoms with E-state index < -0.39 is 0 Å². The lowest BCUT2D eigenvalue weighted by atomic mass is 9.73. The molecule has 0 heteroatoms. The fourth-order valence-electron chi connectivity index (χ4n) is 1.90. The average Bonchev–Trinajstić information content (AvgIpc) is 2.00. The summed E-state index contributed by atoms with van der Waals surface area (Å²) in [6, 6.07) is 0. The molecule has 0 rings (SSSR count). The van der Waals surface area contributed by atoms with Gasteiger partial charge in [-0.2, -0.15) is 0 Å². The van der Waals surface area contributed by atoms with Crippen LogP contribution in [0.25, 0.3) is 0 Å². The predicted octanol–water partition coefficient (Wildman–Crippen LogP) is 4.17. The maximum atomic E-state index is 4.09. The van der Waals surface area contributed by atoms with Gasteiger partial charge in [0.1, 0.15) is 0 Å². The zero-order valence-corrected chi connectivity index (χ0v) is 8.54. The highest BCUT2D eigenvalue weighted by Gasteiger charge is 2.25. The molecule has 0 atom stereocenters. The Kier molecular flexibility index (Phi) is 4.48. The van der Waals surface area contributed by atoms with Gasteiger partial charge in [-0.3, -0.25) is 0 Å². The maximum absolute atomic E-state index is 4.09. The van der Waals surface area contributed by atoms with E-state index in [4.69, 9.17) is 0 Å². The molecule has 0 spiro atoms. The molecule has 0 nitrogen and oxygen atoms in total. The van der Waals surface area contributed by atoms with Crippen LogP contribution < -0.4 is 0 Å². The highest BCUT2D eigenvalue weighted by Crippen LogP contribution is 2.38. The van der Waals surface area contributed by atoms with Crippen LogP contribution in [0.2, 0.25) is 0 Å². The summed E-state index contributed by atoms with van der Waals surface area (Å²) in [4.78, 5) is 0. The van der Waals surface area contributed by atoms with Crippen LogP contribution in [0, 0.1) is 5.41 Å². The molecule has 0 aliphatic carbocycles. The Hall–Kier alpha value is -0.260. The van der Waals surface area contributed by atoms with Gasteiger partial charge in [0.05, 0.1) is 0 Å². The van der Waals surface area contributed by atoms with Gasteiger partial charge in [0.2, 0.25) is 0 Å². The average molecular weight is 154 g/mol. The third kappa shape index (κ3) is 2.36. The molecule has 0 aromatic rings. The minimum atomic E-state index is 0.439. The second-order valence-corrected chi connectivity index (χ2v) is 3.52. The molecule has 0 aromatic carbocycles. The van der Waals surface area contributed by atoms with Gasteiger partial charge in [0, 0.05) is 0 Å². The maximum Gasteiger partial charge on any atom is -0.00989 e. The molecule has 66 valence electrons. The summed E-state index contributed by atoms with van der Waals surface area (Å²) in [5, 5.41) is 0. The van der Waals surface area contributed by atoms with Gasteiger partial charge in [-0.25, -0.2) is 0 Å². The highest BCUT2D eigenvalue weighted by molar-refractivity contribution is 5.06. The molecule has 0 fully saturated rings. The fraction of sp³-hybridized carbons (Fsp3) is 0.818. The lowest BCUT2D eigenvalue weighted by molar-refractivity contribution is 0.298. The van der Waals surface area contributed by atoms with Crippen LogP contribution in [-0.4, -0.2) is 0 Å². The molecule has 11 heavy (non-hydrogen) atoms. The Morgan fingerprint density at radius 1 is 1.18 bits per heavy atom. The van der Waals surface area contributed by atoms with Gasteiger partial charge in [-0.1, -0.05) is 39.3 Å². The Labute approximate surface area is 71.7 Å². The number of hydrogen-bond acceptors (Lipinski definition) is 0. The van der Waals surface area contributed by atoms with Crippen LogP contribution in [0.5, 0.6) is 0 Å². The molecule has 0 amide bonds. The predicted molar refractivity (Wildman–Crippen MR) is 52.7 cm³/mol. The van der Waals surface area contributed by atoms with Crippen LogP contribution in [-0.2, 0) is 0 Å². The van der Waals surface area contributed by atoms with Crippen molar-refractivity contribution in [3.05, 3.63) is 12.2 Å². The van der Waals surface area contributed by atoms with Crippen molar-refractivity contribution in [1.29, 1.82) is 0 Å². The Morgan fingerprint density at radius 3 is 1.73 bits per heavy atom. The Morgan fingerprint density at radius 2 is 1.64 bits per heavy atom. The standard InChI is InChI=1S/C11H22/c1-6-9-11(7-2,8-3)10(4)5/h4,6-9H2,1-3,5H3. The molecule has 0 N–H and O–H groups in total. The van der Waals surface area contributed by atoms with Crippen molar-refractivity contribution in [2.75, 3.05) is 0 Å². The van der Waals surface area contributed by atoms with Gasteiger partial charge in [0.25, 0.3) is 0 Å². The van der Waals surface area contributed by atoms with Crippen molar-refractivity contribution in [3.63, 3.8) is 0 Å². The van der Waals surface area contributed by atoms with Crippen LogP contribution in [0.15, 0.2) is 12.2 Å². The van der Waals surface area contributed by atoms with Crippen LogP contribution in [0.1, 0.15) is 53.4 Å². The minimum Gasteiger partial charge on any atom is -0.0996 e. The molecule has 0 saturated carbocycles. The summed E-state index contributed by atoms with van der Waals surface area (Å²) >= 11 is 0. The van der Waals surface area contributed by atoms with E-state index in [0.29, 0.717) is 5.41 Å². The van der Waals surface area contributed by atoms with Crippen molar-refractivity contribution in [1.82, 2.24) is 0 Å². The molecule has 0 saturated heterocycles. The summed E-state index contributed by atoms with van der Waals surface area (Å²) in [6.45, 7) is 13.1. The SMILES string of the molecule is C=C(C)C(CC)(CC)CCC. The Balaban J connectivity index is 4.32. The first-order chi connectivity index (χ1) is 5.13. The fourth-order valence-corrected chi connectivity index (χ4v) is 1.90. The molecule has 0 aromatic heterocycles. The van der Waals surface area contributed by atoms with Gasteiger partial charge >= 0.3 is 0 Å². The largest absolute Gasteiger partial charge is 0.0996 e. The van der Waals surface area contributed by atoms with Gasteiger partial charge in [-0.05, 0) is 31.6 Å². The molecular formula is C11H22. The number of hydrogen-bond donors (Lipinski definition) is 0. The first kappa shape index (κ1) is 10.7. The van der Waals surface area contributed by atoms with E-state index in [0.717, 1.165) is 0 Å². The summed E-state index contributed by atoms with van der Waals surface area (Å²) in [6.07, 6.45) is 5.06. The number of rotatable bonds is 5. The van der Waals surface area contributed by atoms with E-state index in [9.17, 15) is 0 Å². The lowest BCUT2D eigenvalue weighted by Crippen LogP contribution is -2.19. The second-order valence-electron chi connectivity index (χ2n) is 3.52. The quantitative estimate of drug-likeness (QED) is 0.521. The zero-order chi connectivity index (χ0) is 8.91. The van der Waals surface area contributed by atoms with E-state index in [-0.39, 0.29) is 0 Å². The molecular weight excluding hydrogens is 132 g/mol. The third-order valence-electron chi connectivity index (χ3n) is 2.99. The zero-order valence-electron chi connectivity index (χ0n) is 8.54. The summed E-state index contributed by atoms with van der Waals surface area (Å²) in [5.74, 6) is 0. The smallest absolute Gasteiger partial charge is 0.00989 e. The third-order valence-corrected chi connectivity index (χ3v) is 2.99. The van der Waals surface area contributed by atoms with Gasteiger partial charge < -0.3 is 0 Å². The van der Waals surface area contributed by atoms with Crippen LogP contribution >= 0.6 is 0 Å². The molecule has 0 heterocycles. The van der Waals surface area contributed by atoms with E-state index in [1.807, 2.05) is 0 Å². The Bertz CT molecular complexity index is 118. The number of allylic oxidation sites excluding steroid dienone is 1. The van der Waals surface area contributed by atoms with Crippen molar-refractivity contribution < 1.29 is 0 Å². The van der Waals surface area contributed by atoms with Crippen molar-refractivity contribution in [3.8, 4) is 0 Å². The first-order valence-corrected chi connectivity index (χ1v) is 4.79. The van der Waals surface area contributed by atoms with Crippen molar-refractivity contribution in [2.45, 2.75) is 53.4 Å². The monoisotopic (exact) mass is 154 g/mol. The van der Waals surface area contributed by atoms with Crippen molar-refractivity contribution >= 4 is 0 Å². The highest BCUT2D eigenvalue weighted by atomic mass is 14.3. The van der Waals surface area contributed by atoms with E-state index in [1.165, 1.54) is 31.3 Å². The van der Waals surface area contributed by atoms with Gasteiger partial charge in [-0.15, -0.1) is 0 Å². The van der Waals surface area contributed by atoms with E-state index >= 15 is 0 Å². The molecule has 0 unspecified atom stereocenters. The van der Waals surface area contributed by atoms with Gasteiger partial charge in [0.15, 0.2) is 0 Å². The summed E-state index contributed by atoms with van der Waals surface area (Å²) < 4.78 is 0. The molecule has 0 aliphatic heterocycles.